The van der Waals surface area contributed by atoms with Crippen molar-refractivity contribution in [3.05, 3.63) is 64.2 Å². The summed E-state index contributed by atoms with van der Waals surface area (Å²) in [6, 6.07) is 11.5. The van der Waals surface area contributed by atoms with Crippen molar-refractivity contribution in [2.24, 2.45) is 0 Å². The van der Waals surface area contributed by atoms with Crippen molar-refractivity contribution in [1.29, 1.82) is 0 Å². The number of benzene rings is 2. The lowest BCUT2D eigenvalue weighted by molar-refractivity contribution is 0.0917. The van der Waals surface area contributed by atoms with Crippen LogP contribution >= 0.6 is 12.2 Å². The number of hydrogen-bond donors (Lipinski definition) is 4. The second-order valence-corrected chi connectivity index (χ2v) is 5.91. The second-order valence-electron chi connectivity index (χ2n) is 5.50. The molecule has 0 spiro atoms. The van der Waals surface area contributed by atoms with E-state index in [9.17, 15) is 14.3 Å². The van der Waals surface area contributed by atoms with Crippen LogP contribution in [0.5, 0.6) is 0 Å². The molecule has 0 bridgehead atoms. The highest BCUT2D eigenvalue weighted by Gasteiger charge is 2.18. The van der Waals surface area contributed by atoms with Gasteiger partial charge in [0.25, 0.3) is 5.91 Å². The molecule has 2 aromatic carbocycles. The molecule has 1 atom stereocenters. The Hall–Kier alpha value is -2.51. The lowest BCUT2D eigenvalue weighted by Gasteiger charge is -2.16. The molecule has 0 aliphatic rings. The van der Waals surface area contributed by atoms with Crippen LogP contribution in [0.2, 0.25) is 0 Å². The number of fused-ring (bicyclic) bond motifs is 1. The topological polar surface area (TPSA) is 80.9 Å². The van der Waals surface area contributed by atoms with Crippen molar-refractivity contribution < 1.29 is 14.3 Å². The lowest BCUT2D eigenvalue weighted by atomic mass is 10.1. The van der Waals surface area contributed by atoms with E-state index in [0.29, 0.717) is 22.2 Å². The number of aliphatic hydroxyl groups is 1. The average Bonchev–Trinajstić information content (AvgIpc) is 2.94. The summed E-state index contributed by atoms with van der Waals surface area (Å²) >= 11 is 4.99. The largest absolute Gasteiger partial charge is 0.394 e. The SMILES string of the molecule is O=C(NC(CO)Cc1ccccc1)c1cc(F)cc2[nH]c(=S)[nH]c12. The predicted octanol–water partition coefficient (Wildman–Crippen LogP) is 2.70. The minimum Gasteiger partial charge on any atom is -0.394 e. The fourth-order valence-corrected chi connectivity index (χ4v) is 2.82. The molecule has 4 N–H and O–H groups in total. The minimum absolute atomic E-state index is 0.142. The van der Waals surface area contributed by atoms with E-state index in [2.05, 4.69) is 15.3 Å². The van der Waals surface area contributed by atoms with Gasteiger partial charge in [0.2, 0.25) is 0 Å². The Bertz CT molecular complexity index is 920. The number of rotatable bonds is 5. The Morgan fingerprint density at radius 1 is 1.25 bits per heavy atom. The van der Waals surface area contributed by atoms with Gasteiger partial charge in [-0.15, -0.1) is 0 Å². The van der Waals surface area contributed by atoms with Crippen LogP contribution in [0.25, 0.3) is 11.0 Å². The zero-order valence-electron chi connectivity index (χ0n) is 12.7. The van der Waals surface area contributed by atoms with E-state index in [1.54, 1.807) is 0 Å². The van der Waals surface area contributed by atoms with Crippen LogP contribution in [0.15, 0.2) is 42.5 Å². The van der Waals surface area contributed by atoms with E-state index in [4.69, 9.17) is 12.2 Å². The number of imidazole rings is 1. The third-order valence-corrected chi connectivity index (χ3v) is 3.92. The van der Waals surface area contributed by atoms with Crippen LogP contribution in [-0.2, 0) is 6.42 Å². The Labute approximate surface area is 142 Å². The number of carbonyl (C=O) groups is 1. The molecule has 0 fully saturated rings. The number of aromatic amines is 2. The fourth-order valence-electron chi connectivity index (χ4n) is 2.61. The molecular weight excluding hydrogens is 329 g/mol. The molecule has 7 heteroatoms. The first kappa shape index (κ1) is 16.4. The van der Waals surface area contributed by atoms with Crippen LogP contribution in [0, 0.1) is 10.6 Å². The first-order valence-corrected chi connectivity index (χ1v) is 7.85. The summed E-state index contributed by atoms with van der Waals surface area (Å²) in [6.07, 6.45) is 0.477. The zero-order chi connectivity index (χ0) is 17.1. The first-order valence-electron chi connectivity index (χ1n) is 7.44. The van der Waals surface area contributed by atoms with Gasteiger partial charge >= 0.3 is 0 Å². The third-order valence-electron chi connectivity index (χ3n) is 3.72. The van der Waals surface area contributed by atoms with Gasteiger partial charge in [0.05, 0.1) is 29.2 Å². The molecule has 5 nitrogen and oxygen atoms in total. The summed E-state index contributed by atoms with van der Waals surface area (Å²) in [4.78, 5) is 18.2. The van der Waals surface area contributed by atoms with E-state index in [0.717, 1.165) is 11.6 Å². The predicted molar refractivity (Wildman–Crippen MR) is 91.9 cm³/mol. The Morgan fingerprint density at radius 3 is 2.71 bits per heavy atom. The fraction of sp³-hybridized carbons (Fsp3) is 0.176. The van der Waals surface area contributed by atoms with Gasteiger partial charge in [-0.25, -0.2) is 4.39 Å². The van der Waals surface area contributed by atoms with Gasteiger partial charge in [-0.2, -0.15) is 0 Å². The number of H-pyrrole nitrogens is 2. The number of nitrogens with one attached hydrogen (secondary N) is 3. The molecule has 1 amide bonds. The Balaban J connectivity index is 1.84. The van der Waals surface area contributed by atoms with E-state index >= 15 is 0 Å². The maximum atomic E-state index is 13.7. The molecule has 0 aliphatic heterocycles. The highest BCUT2D eigenvalue weighted by atomic mass is 32.1. The first-order chi connectivity index (χ1) is 11.6. The second kappa shape index (κ2) is 6.94. The van der Waals surface area contributed by atoms with Crippen LogP contribution in [0.3, 0.4) is 0 Å². The van der Waals surface area contributed by atoms with Crippen LogP contribution in [0.1, 0.15) is 15.9 Å². The summed E-state index contributed by atoms with van der Waals surface area (Å²) in [5.41, 5.74) is 2.00. The number of hydrogen-bond acceptors (Lipinski definition) is 3. The van der Waals surface area contributed by atoms with Crippen LogP contribution < -0.4 is 5.32 Å². The van der Waals surface area contributed by atoms with Gasteiger partial charge in [-0.05, 0) is 36.3 Å². The molecule has 3 rings (SSSR count). The van der Waals surface area contributed by atoms with Crippen LogP contribution in [-0.4, -0.2) is 33.6 Å². The third kappa shape index (κ3) is 3.52. The van der Waals surface area contributed by atoms with Crippen molar-refractivity contribution in [2.45, 2.75) is 12.5 Å². The van der Waals surface area contributed by atoms with Gasteiger partial charge in [0.1, 0.15) is 5.82 Å². The van der Waals surface area contributed by atoms with Crippen molar-refractivity contribution >= 4 is 29.2 Å². The number of amides is 1. The molecule has 1 aromatic heterocycles. The van der Waals surface area contributed by atoms with Gasteiger partial charge in [-0.1, -0.05) is 30.3 Å². The lowest BCUT2D eigenvalue weighted by Crippen LogP contribution is -2.39. The molecular formula is C17H16FN3O2S. The summed E-state index contributed by atoms with van der Waals surface area (Å²) in [5.74, 6) is -1.01. The number of aromatic nitrogens is 2. The molecule has 0 saturated heterocycles. The molecule has 3 aromatic rings. The van der Waals surface area contributed by atoms with Gasteiger partial charge in [0, 0.05) is 0 Å². The summed E-state index contributed by atoms with van der Waals surface area (Å²) in [6.45, 7) is -0.220. The average molecular weight is 345 g/mol. The number of halogens is 1. The van der Waals surface area contributed by atoms with Gasteiger partial charge < -0.3 is 20.4 Å². The molecule has 1 heterocycles. The van der Waals surface area contributed by atoms with Crippen LogP contribution in [0.4, 0.5) is 4.39 Å². The van der Waals surface area contributed by atoms with Gasteiger partial charge in [-0.3, -0.25) is 4.79 Å². The van der Waals surface area contributed by atoms with Crippen molar-refractivity contribution in [2.75, 3.05) is 6.61 Å². The smallest absolute Gasteiger partial charge is 0.253 e. The van der Waals surface area contributed by atoms with E-state index in [1.165, 1.54) is 6.07 Å². The number of carbonyl (C=O) groups excluding carboxylic acids is 1. The summed E-state index contributed by atoms with van der Waals surface area (Å²) in [5, 5.41) is 12.3. The highest BCUT2D eigenvalue weighted by Crippen LogP contribution is 2.18. The summed E-state index contributed by atoms with van der Waals surface area (Å²) in [7, 11) is 0. The maximum absolute atomic E-state index is 13.7. The Morgan fingerprint density at radius 2 is 2.00 bits per heavy atom. The summed E-state index contributed by atoms with van der Waals surface area (Å²) < 4.78 is 14.0. The highest BCUT2D eigenvalue weighted by molar-refractivity contribution is 7.71. The molecule has 0 saturated carbocycles. The standard InChI is InChI=1S/C17H16FN3O2S/c18-11-7-13(15-14(8-11)20-17(24)21-15)16(23)19-12(9-22)6-10-4-2-1-3-5-10/h1-5,7-8,12,22H,6,9H2,(H,19,23)(H2,20,21,24). The molecule has 124 valence electrons. The molecule has 24 heavy (non-hydrogen) atoms. The van der Waals surface area contributed by atoms with E-state index in [-0.39, 0.29) is 12.2 Å². The van der Waals surface area contributed by atoms with Crippen molar-refractivity contribution in [1.82, 2.24) is 15.3 Å². The normalized spacial score (nSPS) is 12.2. The quantitative estimate of drug-likeness (QED) is 0.537. The molecule has 1 unspecified atom stereocenters. The molecule has 0 radical (unpaired) electrons. The molecule has 0 aliphatic carbocycles. The maximum Gasteiger partial charge on any atom is 0.253 e. The van der Waals surface area contributed by atoms with Crippen molar-refractivity contribution in [3.8, 4) is 0 Å². The Kier molecular flexibility index (Phi) is 4.73. The van der Waals surface area contributed by atoms with Crippen molar-refractivity contribution in [3.63, 3.8) is 0 Å². The monoisotopic (exact) mass is 345 g/mol. The zero-order valence-corrected chi connectivity index (χ0v) is 13.5. The van der Waals surface area contributed by atoms with Gasteiger partial charge in [0.15, 0.2) is 4.77 Å². The van der Waals surface area contributed by atoms with E-state index in [1.807, 2.05) is 30.3 Å². The van der Waals surface area contributed by atoms with E-state index < -0.39 is 17.8 Å². The number of aliphatic hydroxyl groups excluding tert-OH is 1. The minimum atomic E-state index is -0.540.